The van der Waals surface area contributed by atoms with Gasteiger partial charge in [-0.15, -0.1) is 24.8 Å². The number of hydrogen-bond donors (Lipinski definition) is 2. The highest BCUT2D eigenvalue weighted by Crippen LogP contribution is 2.36. The molecule has 3 rings (SSSR count). The molecule has 0 heterocycles. The van der Waals surface area contributed by atoms with Crippen LogP contribution >= 0.6 is 24.8 Å². The third-order valence-corrected chi connectivity index (χ3v) is 5.20. The molecule has 0 saturated heterocycles. The Hall–Kier alpha value is -2.78. The van der Waals surface area contributed by atoms with Crippen molar-refractivity contribution in [1.82, 2.24) is 9.80 Å². The lowest BCUT2D eigenvalue weighted by atomic mass is 9.82. The van der Waals surface area contributed by atoms with E-state index in [9.17, 15) is 19.2 Å². The summed E-state index contributed by atoms with van der Waals surface area (Å²) in [6.07, 6.45) is 0.479. The first-order valence-electron chi connectivity index (χ1n) is 10.4. The van der Waals surface area contributed by atoms with Gasteiger partial charge in [0.2, 0.25) is 11.8 Å². The molecule has 0 unspecified atom stereocenters. The van der Waals surface area contributed by atoms with Crippen LogP contribution in [0, 0.1) is 0 Å². The topological polar surface area (TPSA) is 98.8 Å². The summed E-state index contributed by atoms with van der Waals surface area (Å²) in [6.45, 7) is 1.09. The van der Waals surface area contributed by atoms with Gasteiger partial charge in [0, 0.05) is 37.1 Å². The van der Waals surface area contributed by atoms with Gasteiger partial charge in [0.15, 0.2) is 11.6 Å². The zero-order chi connectivity index (χ0) is 23.4. The van der Waals surface area contributed by atoms with Crippen LogP contribution in [-0.2, 0) is 9.59 Å². The van der Waals surface area contributed by atoms with E-state index in [2.05, 4.69) is 10.6 Å². The van der Waals surface area contributed by atoms with Gasteiger partial charge < -0.3 is 20.4 Å². The first-order valence-corrected chi connectivity index (χ1v) is 10.4. The summed E-state index contributed by atoms with van der Waals surface area (Å²) in [5.74, 6) is -1.24. The minimum Gasteiger partial charge on any atom is -0.325 e. The fourth-order valence-corrected chi connectivity index (χ4v) is 3.51. The second kappa shape index (κ2) is 12.6. The molecule has 0 atom stereocenters. The fraction of sp³-hybridized carbons (Fsp3) is 0.333. The number of nitrogens with zero attached hydrogens (tertiary/aromatic N) is 2. The number of anilines is 2. The van der Waals surface area contributed by atoms with Crippen molar-refractivity contribution in [3.63, 3.8) is 0 Å². The van der Waals surface area contributed by atoms with Crippen LogP contribution in [0.5, 0.6) is 0 Å². The van der Waals surface area contributed by atoms with Gasteiger partial charge in [-0.05, 0) is 40.3 Å². The number of fused-ring (bicyclic) bond motifs is 2. The van der Waals surface area contributed by atoms with E-state index in [0.29, 0.717) is 13.1 Å². The smallest absolute Gasteiger partial charge is 0.225 e. The third-order valence-electron chi connectivity index (χ3n) is 5.20. The predicted octanol–water partition coefficient (Wildman–Crippen LogP) is 3.09. The number of benzene rings is 2. The normalized spacial score (nSPS) is 11.8. The number of ketones is 2. The first kappa shape index (κ1) is 29.3. The number of amides is 2. The number of rotatable bonds is 8. The maximum Gasteiger partial charge on any atom is 0.225 e. The minimum absolute atomic E-state index is 0. The molecule has 34 heavy (non-hydrogen) atoms. The number of hydrogen-bond acceptors (Lipinski definition) is 6. The van der Waals surface area contributed by atoms with Gasteiger partial charge in [0.1, 0.15) is 0 Å². The van der Waals surface area contributed by atoms with Crippen LogP contribution in [0.3, 0.4) is 0 Å². The van der Waals surface area contributed by atoms with E-state index in [1.807, 2.05) is 38.0 Å². The highest BCUT2D eigenvalue weighted by atomic mass is 35.5. The second-order valence-corrected chi connectivity index (χ2v) is 8.32. The summed E-state index contributed by atoms with van der Waals surface area (Å²) in [5.41, 5.74) is 1.31. The molecule has 0 radical (unpaired) electrons. The molecule has 1 aliphatic rings. The lowest BCUT2D eigenvalue weighted by Crippen LogP contribution is -2.27. The monoisotopic (exact) mass is 508 g/mol. The van der Waals surface area contributed by atoms with Gasteiger partial charge in [-0.3, -0.25) is 19.2 Å². The van der Waals surface area contributed by atoms with Crippen molar-refractivity contribution < 1.29 is 19.2 Å². The highest BCUT2D eigenvalue weighted by molar-refractivity contribution is 6.32. The van der Waals surface area contributed by atoms with E-state index in [-0.39, 0.29) is 94.7 Å². The fourth-order valence-electron chi connectivity index (χ4n) is 3.51. The maximum absolute atomic E-state index is 13.3. The van der Waals surface area contributed by atoms with Crippen molar-refractivity contribution in [2.45, 2.75) is 12.8 Å². The first-order chi connectivity index (χ1) is 15.2. The Balaban J connectivity index is 0.00000289. The Morgan fingerprint density at radius 3 is 1.35 bits per heavy atom. The average Bonchev–Trinajstić information content (AvgIpc) is 2.75. The molecule has 184 valence electrons. The van der Waals surface area contributed by atoms with Crippen LogP contribution in [0.1, 0.15) is 44.7 Å². The van der Waals surface area contributed by atoms with Gasteiger partial charge in [-0.1, -0.05) is 24.3 Å². The van der Waals surface area contributed by atoms with Crippen molar-refractivity contribution in [2.24, 2.45) is 0 Å². The molecule has 1 aliphatic carbocycles. The lowest BCUT2D eigenvalue weighted by molar-refractivity contribution is -0.117. The molecule has 0 aromatic heterocycles. The summed E-state index contributed by atoms with van der Waals surface area (Å²) < 4.78 is 0. The van der Waals surface area contributed by atoms with E-state index in [1.54, 1.807) is 36.4 Å². The maximum atomic E-state index is 13.3. The summed E-state index contributed by atoms with van der Waals surface area (Å²) in [6, 6.07) is 9.70. The van der Waals surface area contributed by atoms with Crippen LogP contribution in [0.4, 0.5) is 11.4 Å². The molecule has 2 N–H and O–H groups in total. The van der Waals surface area contributed by atoms with Crippen LogP contribution in [0.15, 0.2) is 36.4 Å². The molecule has 0 aliphatic heterocycles. The van der Waals surface area contributed by atoms with Crippen molar-refractivity contribution in [2.75, 3.05) is 51.9 Å². The van der Waals surface area contributed by atoms with Crippen LogP contribution in [-0.4, -0.2) is 74.5 Å². The number of carbonyl (C=O) groups is 4. The van der Waals surface area contributed by atoms with Crippen LogP contribution in [0.2, 0.25) is 0 Å². The second-order valence-electron chi connectivity index (χ2n) is 8.32. The molecular weight excluding hydrogens is 479 g/mol. The van der Waals surface area contributed by atoms with Crippen molar-refractivity contribution in [3.8, 4) is 0 Å². The summed E-state index contributed by atoms with van der Waals surface area (Å²) >= 11 is 0. The van der Waals surface area contributed by atoms with E-state index < -0.39 is 0 Å². The van der Waals surface area contributed by atoms with Crippen molar-refractivity contribution in [3.05, 3.63) is 58.7 Å². The standard InChI is InChI=1S/C24H28N4O4.2ClH/c1-27(2)13-11-19(29)25-17-9-10-18(26-20(30)12-14-28(3)4)22-21(17)23(31)15-7-5-6-8-16(15)24(22)32;;/h5-10H,11-14H2,1-4H3,(H,25,29)(H,26,30);2*1H. The lowest BCUT2D eigenvalue weighted by Gasteiger charge is -2.23. The Labute approximate surface area is 211 Å². The number of halogens is 2. The zero-order valence-electron chi connectivity index (χ0n) is 19.6. The SMILES string of the molecule is CN(C)CCC(=O)Nc1ccc(NC(=O)CCN(C)C)c2c1C(=O)c1ccccc1C2=O.Cl.Cl. The van der Waals surface area contributed by atoms with Gasteiger partial charge in [-0.25, -0.2) is 0 Å². The molecule has 2 aromatic rings. The van der Waals surface area contributed by atoms with E-state index in [4.69, 9.17) is 0 Å². The summed E-state index contributed by atoms with van der Waals surface area (Å²) in [4.78, 5) is 55.3. The average molecular weight is 509 g/mol. The van der Waals surface area contributed by atoms with E-state index >= 15 is 0 Å². The number of nitrogens with one attached hydrogen (secondary N) is 2. The molecule has 8 nitrogen and oxygen atoms in total. The molecule has 0 bridgehead atoms. The Bertz CT molecular complexity index is 1000. The van der Waals surface area contributed by atoms with Crippen LogP contribution in [0.25, 0.3) is 0 Å². The Morgan fingerprint density at radius 1 is 0.676 bits per heavy atom. The number of carbonyl (C=O) groups excluding carboxylic acids is 4. The van der Waals surface area contributed by atoms with Crippen molar-refractivity contribution >= 4 is 59.6 Å². The molecular formula is C24H30Cl2N4O4. The largest absolute Gasteiger partial charge is 0.325 e. The van der Waals surface area contributed by atoms with Gasteiger partial charge in [0.05, 0.1) is 22.5 Å². The summed E-state index contributed by atoms with van der Waals surface area (Å²) in [5, 5.41) is 5.54. The van der Waals surface area contributed by atoms with Gasteiger partial charge in [0.25, 0.3) is 0 Å². The summed E-state index contributed by atoms with van der Waals surface area (Å²) in [7, 11) is 7.45. The van der Waals surface area contributed by atoms with Crippen molar-refractivity contribution in [1.29, 1.82) is 0 Å². The van der Waals surface area contributed by atoms with Gasteiger partial charge >= 0.3 is 0 Å². The molecule has 10 heteroatoms. The molecule has 0 saturated carbocycles. The molecule has 0 fully saturated rings. The van der Waals surface area contributed by atoms with E-state index in [1.165, 1.54) is 0 Å². The zero-order valence-corrected chi connectivity index (χ0v) is 21.3. The van der Waals surface area contributed by atoms with E-state index in [0.717, 1.165) is 0 Å². The highest BCUT2D eigenvalue weighted by Gasteiger charge is 2.34. The quantitative estimate of drug-likeness (QED) is 0.485. The molecule has 2 aromatic carbocycles. The molecule has 2 amide bonds. The Morgan fingerprint density at radius 2 is 1.03 bits per heavy atom. The third kappa shape index (κ3) is 6.64. The molecule has 0 spiro atoms. The predicted molar refractivity (Wildman–Crippen MR) is 138 cm³/mol. The minimum atomic E-state index is -0.359. The van der Waals surface area contributed by atoms with Gasteiger partial charge in [-0.2, -0.15) is 0 Å². The Kier molecular flexibility index (Phi) is 10.9. The van der Waals surface area contributed by atoms with Crippen LogP contribution < -0.4 is 10.6 Å².